The molecular weight excluding hydrogens is 345 g/mol. The summed E-state index contributed by atoms with van der Waals surface area (Å²) in [4.78, 5) is 49.7. The second-order valence-corrected chi connectivity index (χ2v) is 6.80. The second-order valence-electron chi connectivity index (χ2n) is 4.54. The highest BCUT2D eigenvalue weighted by atomic mass is 31.2. The van der Waals surface area contributed by atoms with Crippen molar-refractivity contribution in [3.8, 4) is 0 Å². The summed E-state index contributed by atoms with van der Waals surface area (Å²) in [6.07, 6.45) is -1.30. The first-order chi connectivity index (χ1) is 11.2. The van der Waals surface area contributed by atoms with Crippen LogP contribution < -0.4 is 15.7 Å². The minimum Gasteiger partial charge on any atom is -0.481 e. The smallest absolute Gasteiger partial charge is 0.413 e. The van der Waals surface area contributed by atoms with Gasteiger partial charge in [-0.2, -0.15) is 5.48 Å². The zero-order chi connectivity index (χ0) is 18.6. The van der Waals surface area contributed by atoms with Gasteiger partial charge in [-0.3, -0.25) is 24.0 Å². The Labute approximate surface area is 138 Å². The number of carbonyl (C=O) groups excluding carboxylic acids is 3. The van der Waals surface area contributed by atoms with Crippen LogP contribution in [0.2, 0.25) is 0 Å². The van der Waals surface area contributed by atoms with Crippen molar-refractivity contribution in [2.75, 3.05) is 26.3 Å². The molecule has 0 saturated heterocycles. The van der Waals surface area contributed by atoms with Crippen LogP contribution in [-0.4, -0.2) is 54.8 Å². The Bertz CT molecular complexity index is 511. The number of nitrogens with one attached hydrogen (secondary N) is 3. The van der Waals surface area contributed by atoms with Crippen LogP contribution >= 0.6 is 7.44 Å². The number of hydrogen-bond acceptors (Lipinski definition) is 8. The number of rotatable bonds is 13. The lowest BCUT2D eigenvalue weighted by molar-refractivity contribution is -0.137. The Morgan fingerprint density at radius 3 is 2.38 bits per heavy atom. The average Bonchev–Trinajstić information content (AvgIpc) is 2.49. The number of ether oxygens (including phenoxy) is 1. The summed E-state index contributed by atoms with van der Waals surface area (Å²) in [6, 6.07) is 0. The summed E-state index contributed by atoms with van der Waals surface area (Å²) >= 11 is 0. The largest absolute Gasteiger partial charge is 0.481 e. The standard InChI is InChI=1S/C12H22N3O8P/c1-3-23-13-8-11(19)24(21,14-7-9(2)16)15-12(20)22-6-4-5-10(17)18/h13H,3-8H2,1-2H3,(H,17,18)(H2,14,15,20,21). The van der Waals surface area contributed by atoms with Crippen molar-refractivity contribution in [2.45, 2.75) is 26.7 Å². The Balaban J connectivity index is 4.65. The summed E-state index contributed by atoms with van der Waals surface area (Å²) in [5.74, 6) is -1.44. The van der Waals surface area contributed by atoms with Crippen molar-refractivity contribution in [1.29, 1.82) is 0 Å². The van der Waals surface area contributed by atoms with Crippen molar-refractivity contribution in [2.24, 2.45) is 0 Å². The first kappa shape index (κ1) is 22.2. The predicted octanol–water partition coefficient (Wildman–Crippen LogP) is 0.0168. The number of amides is 1. The summed E-state index contributed by atoms with van der Waals surface area (Å²) in [5, 5.41) is 12.6. The molecule has 1 atom stereocenters. The number of ketones is 1. The molecule has 24 heavy (non-hydrogen) atoms. The first-order valence-corrected chi connectivity index (χ1v) is 8.81. The van der Waals surface area contributed by atoms with Gasteiger partial charge < -0.3 is 14.7 Å². The summed E-state index contributed by atoms with van der Waals surface area (Å²) in [7, 11) is -4.12. The molecule has 11 nitrogen and oxygen atoms in total. The highest BCUT2D eigenvalue weighted by molar-refractivity contribution is 7.77. The summed E-state index contributed by atoms with van der Waals surface area (Å²) in [6.45, 7) is 2.06. The van der Waals surface area contributed by atoms with Crippen molar-refractivity contribution in [3.05, 3.63) is 0 Å². The van der Waals surface area contributed by atoms with Gasteiger partial charge in [0.05, 0.1) is 26.3 Å². The quantitative estimate of drug-likeness (QED) is 0.198. The third-order valence-electron chi connectivity index (χ3n) is 2.39. The molecule has 12 heteroatoms. The van der Waals surface area contributed by atoms with Crippen molar-refractivity contribution in [1.82, 2.24) is 15.7 Å². The number of carboxylic acid groups (broad SMARTS) is 1. The molecule has 0 saturated carbocycles. The van der Waals surface area contributed by atoms with E-state index in [4.69, 9.17) is 9.94 Å². The molecule has 0 rings (SSSR count). The molecule has 0 aliphatic carbocycles. The zero-order valence-corrected chi connectivity index (χ0v) is 14.4. The highest BCUT2D eigenvalue weighted by Crippen LogP contribution is 2.36. The van der Waals surface area contributed by atoms with Gasteiger partial charge in [0.1, 0.15) is 5.78 Å². The lowest BCUT2D eigenvalue weighted by Gasteiger charge is -2.18. The third-order valence-corrected chi connectivity index (χ3v) is 4.35. The average molecular weight is 367 g/mol. The van der Waals surface area contributed by atoms with E-state index in [1.165, 1.54) is 6.92 Å². The third kappa shape index (κ3) is 10.1. The SMILES string of the molecule is CCONCC(=O)P(=O)(NCC(C)=O)NC(=O)OCCCC(=O)O. The lowest BCUT2D eigenvalue weighted by Crippen LogP contribution is -2.38. The van der Waals surface area contributed by atoms with E-state index in [2.05, 4.69) is 15.3 Å². The van der Waals surface area contributed by atoms with Gasteiger partial charge in [-0.25, -0.2) is 9.88 Å². The minimum atomic E-state index is -4.12. The number of Topliss-reactive ketones (excluding diaryl/α,β-unsaturated/α-hetero) is 1. The van der Waals surface area contributed by atoms with E-state index in [0.717, 1.165) is 0 Å². The van der Waals surface area contributed by atoms with E-state index in [1.54, 1.807) is 6.92 Å². The normalized spacial score (nSPS) is 12.9. The van der Waals surface area contributed by atoms with Crippen LogP contribution in [0.15, 0.2) is 0 Å². The van der Waals surface area contributed by atoms with E-state index in [0.29, 0.717) is 0 Å². The molecule has 1 unspecified atom stereocenters. The van der Waals surface area contributed by atoms with E-state index in [1.807, 2.05) is 5.09 Å². The van der Waals surface area contributed by atoms with Crippen LogP contribution in [0.4, 0.5) is 4.79 Å². The fourth-order valence-electron chi connectivity index (χ4n) is 1.29. The van der Waals surface area contributed by atoms with Gasteiger partial charge in [-0.1, -0.05) is 0 Å². The van der Waals surface area contributed by atoms with Gasteiger partial charge >= 0.3 is 19.5 Å². The van der Waals surface area contributed by atoms with Crippen LogP contribution in [-0.2, 0) is 28.5 Å². The van der Waals surface area contributed by atoms with Gasteiger partial charge in [0.15, 0.2) is 0 Å². The number of hydroxylamine groups is 1. The minimum absolute atomic E-state index is 0.0633. The fourth-order valence-corrected chi connectivity index (χ4v) is 2.72. The van der Waals surface area contributed by atoms with Crippen LogP contribution in [0.3, 0.4) is 0 Å². The van der Waals surface area contributed by atoms with Gasteiger partial charge in [0, 0.05) is 6.42 Å². The molecule has 0 aromatic heterocycles. The maximum atomic E-state index is 12.5. The summed E-state index contributed by atoms with van der Waals surface area (Å²) < 4.78 is 17.2. The Hall–Kier alpha value is -1.81. The van der Waals surface area contributed by atoms with Gasteiger partial charge in [-0.15, -0.1) is 0 Å². The molecule has 0 fully saturated rings. The lowest BCUT2D eigenvalue weighted by atomic mass is 10.3. The highest BCUT2D eigenvalue weighted by Gasteiger charge is 2.34. The maximum Gasteiger partial charge on any atom is 0.413 e. The molecule has 4 N–H and O–H groups in total. The molecule has 0 bridgehead atoms. The van der Waals surface area contributed by atoms with Gasteiger partial charge in [-0.05, 0) is 20.3 Å². The molecule has 0 aliphatic heterocycles. The van der Waals surface area contributed by atoms with Crippen molar-refractivity contribution in [3.63, 3.8) is 0 Å². The molecule has 0 aliphatic rings. The molecule has 138 valence electrons. The van der Waals surface area contributed by atoms with Crippen molar-refractivity contribution < 1.29 is 38.4 Å². The van der Waals surface area contributed by atoms with Gasteiger partial charge in [0.2, 0.25) is 5.52 Å². The van der Waals surface area contributed by atoms with Gasteiger partial charge in [0.25, 0.3) is 0 Å². The Morgan fingerprint density at radius 2 is 1.83 bits per heavy atom. The number of carboxylic acids is 1. The zero-order valence-electron chi connectivity index (χ0n) is 13.5. The van der Waals surface area contributed by atoms with E-state index in [-0.39, 0.29) is 26.1 Å². The Kier molecular flexibility index (Phi) is 10.8. The van der Waals surface area contributed by atoms with E-state index >= 15 is 0 Å². The molecule has 1 amide bonds. The number of aliphatic carboxylic acids is 1. The monoisotopic (exact) mass is 367 g/mol. The van der Waals surface area contributed by atoms with Crippen LogP contribution in [0.5, 0.6) is 0 Å². The fraction of sp³-hybridized carbons (Fsp3) is 0.667. The van der Waals surface area contributed by atoms with Crippen LogP contribution in [0.1, 0.15) is 26.7 Å². The molecule has 0 radical (unpaired) electrons. The molecule has 0 spiro atoms. The van der Waals surface area contributed by atoms with Crippen LogP contribution in [0.25, 0.3) is 0 Å². The number of carbonyl (C=O) groups is 4. The predicted molar refractivity (Wildman–Crippen MR) is 82.3 cm³/mol. The Morgan fingerprint density at radius 1 is 1.17 bits per heavy atom. The van der Waals surface area contributed by atoms with Crippen molar-refractivity contribution >= 4 is 30.8 Å². The summed E-state index contributed by atoms with van der Waals surface area (Å²) in [5.41, 5.74) is 1.35. The number of hydrogen-bond donors (Lipinski definition) is 4. The first-order valence-electron chi connectivity index (χ1n) is 7.10. The molecule has 0 aromatic rings. The molecule has 0 heterocycles. The molecular formula is C12H22N3O8P. The second kappa shape index (κ2) is 11.7. The topological polar surface area (TPSA) is 160 Å². The van der Waals surface area contributed by atoms with E-state index < -0.39 is 43.9 Å². The van der Waals surface area contributed by atoms with E-state index in [9.17, 15) is 23.7 Å². The molecule has 0 aromatic carbocycles. The van der Waals surface area contributed by atoms with Crippen LogP contribution in [0, 0.1) is 0 Å². The maximum absolute atomic E-state index is 12.5.